The van der Waals surface area contributed by atoms with Crippen LogP contribution in [0.3, 0.4) is 0 Å². The van der Waals surface area contributed by atoms with E-state index in [1.807, 2.05) is 0 Å². The maximum atomic E-state index is 9.54. The molecule has 0 amide bonds. The van der Waals surface area contributed by atoms with E-state index in [-0.39, 0.29) is 6.61 Å². The van der Waals surface area contributed by atoms with Crippen LogP contribution in [0.2, 0.25) is 0 Å². The summed E-state index contributed by atoms with van der Waals surface area (Å²) < 4.78 is 0. The molecule has 1 aromatic rings. The Morgan fingerprint density at radius 1 is 1.24 bits per heavy atom. The lowest BCUT2D eigenvalue weighted by Gasteiger charge is -2.32. The van der Waals surface area contributed by atoms with Gasteiger partial charge in [0.1, 0.15) is 0 Å². The third-order valence-corrected chi connectivity index (χ3v) is 3.52. The van der Waals surface area contributed by atoms with Crippen molar-refractivity contribution in [1.82, 2.24) is 4.90 Å². The Kier molecular flexibility index (Phi) is 5.16. The number of hydrogen-bond donors (Lipinski definition) is 1. The van der Waals surface area contributed by atoms with Crippen LogP contribution in [0.5, 0.6) is 0 Å². The summed E-state index contributed by atoms with van der Waals surface area (Å²) in [6.45, 7) is 6.65. The van der Waals surface area contributed by atoms with Crippen molar-refractivity contribution in [2.75, 3.05) is 20.7 Å². The van der Waals surface area contributed by atoms with Gasteiger partial charge in [-0.3, -0.25) is 0 Å². The van der Waals surface area contributed by atoms with E-state index in [1.165, 1.54) is 16.7 Å². The Morgan fingerprint density at radius 3 is 2.35 bits per heavy atom. The van der Waals surface area contributed by atoms with Gasteiger partial charge in [-0.15, -0.1) is 0 Å². The van der Waals surface area contributed by atoms with Gasteiger partial charge in [0.15, 0.2) is 0 Å². The van der Waals surface area contributed by atoms with Gasteiger partial charge in [-0.1, -0.05) is 30.7 Å². The molecular formula is C15H25NO. The molecule has 1 aromatic carbocycles. The third kappa shape index (κ3) is 3.30. The largest absolute Gasteiger partial charge is 0.396 e. The first-order chi connectivity index (χ1) is 8.01. The summed E-state index contributed by atoms with van der Waals surface area (Å²) in [6.07, 6.45) is 0.993. The Hall–Kier alpha value is -0.860. The fraction of sp³-hybridized carbons (Fsp3) is 0.600. The van der Waals surface area contributed by atoms with E-state index in [0.717, 1.165) is 6.42 Å². The fourth-order valence-electron chi connectivity index (χ4n) is 2.48. The number of benzene rings is 1. The summed E-state index contributed by atoms with van der Waals surface area (Å²) in [5, 5.41) is 9.54. The highest BCUT2D eigenvalue weighted by Crippen LogP contribution is 2.31. The van der Waals surface area contributed by atoms with Crippen molar-refractivity contribution < 1.29 is 5.11 Å². The monoisotopic (exact) mass is 235 g/mol. The molecule has 0 bridgehead atoms. The van der Waals surface area contributed by atoms with Crippen LogP contribution in [-0.4, -0.2) is 30.7 Å². The molecule has 0 spiro atoms. The van der Waals surface area contributed by atoms with E-state index < -0.39 is 0 Å². The van der Waals surface area contributed by atoms with Gasteiger partial charge in [-0.25, -0.2) is 0 Å². The standard InChI is InChI=1S/C15H25NO/c1-6-13(10-17)15(16(4)5)14-9-11(2)7-8-12(14)3/h7-9,13,15,17H,6,10H2,1-5H3. The number of nitrogens with zero attached hydrogens (tertiary/aromatic N) is 1. The topological polar surface area (TPSA) is 23.5 Å². The predicted octanol–water partition coefficient (Wildman–Crippen LogP) is 2.92. The van der Waals surface area contributed by atoms with E-state index in [2.05, 4.69) is 58.0 Å². The van der Waals surface area contributed by atoms with E-state index >= 15 is 0 Å². The van der Waals surface area contributed by atoms with Crippen LogP contribution in [-0.2, 0) is 0 Å². The molecule has 0 aliphatic carbocycles. The highest BCUT2D eigenvalue weighted by Gasteiger charge is 2.24. The SMILES string of the molecule is CCC(CO)C(c1cc(C)ccc1C)N(C)C. The van der Waals surface area contributed by atoms with E-state index in [0.29, 0.717) is 12.0 Å². The highest BCUT2D eigenvalue weighted by molar-refractivity contribution is 5.33. The van der Waals surface area contributed by atoms with Crippen molar-refractivity contribution in [3.05, 3.63) is 34.9 Å². The zero-order valence-electron chi connectivity index (χ0n) is 11.7. The van der Waals surface area contributed by atoms with Crippen LogP contribution < -0.4 is 0 Å². The molecular weight excluding hydrogens is 210 g/mol. The maximum Gasteiger partial charge on any atom is 0.0477 e. The summed E-state index contributed by atoms with van der Waals surface area (Å²) in [5.74, 6) is 0.297. The molecule has 0 radical (unpaired) electrons. The molecule has 0 saturated carbocycles. The molecule has 0 aromatic heterocycles. The average Bonchev–Trinajstić information content (AvgIpc) is 2.29. The van der Waals surface area contributed by atoms with Gasteiger partial charge in [0, 0.05) is 18.6 Å². The summed E-state index contributed by atoms with van der Waals surface area (Å²) >= 11 is 0. The van der Waals surface area contributed by atoms with Crippen molar-refractivity contribution in [2.24, 2.45) is 5.92 Å². The van der Waals surface area contributed by atoms with Crippen LogP contribution in [0.1, 0.15) is 36.1 Å². The van der Waals surface area contributed by atoms with Crippen LogP contribution in [0.15, 0.2) is 18.2 Å². The van der Waals surface area contributed by atoms with E-state index in [4.69, 9.17) is 0 Å². The second-order valence-electron chi connectivity index (χ2n) is 5.12. The minimum Gasteiger partial charge on any atom is -0.396 e. The summed E-state index contributed by atoms with van der Waals surface area (Å²) in [4.78, 5) is 2.21. The smallest absolute Gasteiger partial charge is 0.0477 e. The second-order valence-corrected chi connectivity index (χ2v) is 5.12. The van der Waals surface area contributed by atoms with Gasteiger partial charge in [-0.2, -0.15) is 0 Å². The molecule has 17 heavy (non-hydrogen) atoms. The first-order valence-corrected chi connectivity index (χ1v) is 6.35. The fourth-order valence-corrected chi connectivity index (χ4v) is 2.48. The summed E-state index contributed by atoms with van der Waals surface area (Å²) in [5.41, 5.74) is 3.93. The third-order valence-electron chi connectivity index (χ3n) is 3.52. The summed E-state index contributed by atoms with van der Waals surface area (Å²) in [6, 6.07) is 6.86. The van der Waals surface area contributed by atoms with Gasteiger partial charge in [0.05, 0.1) is 0 Å². The Morgan fingerprint density at radius 2 is 1.88 bits per heavy atom. The quantitative estimate of drug-likeness (QED) is 0.848. The van der Waals surface area contributed by atoms with Crippen molar-refractivity contribution in [3.63, 3.8) is 0 Å². The lowest BCUT2D eigenvalue weighted by atomic mass is 9.87. The van der Waals surface area contributed by atoms with Gasteiger partial charge in [-0.05, 0) is 45.5 Å². The molecule has 0 aliphatic heterocycles. The van der Waals surface area contributed by atoms with Crippen molar-refractivity contribution in [3.8, 4) is 0 Å². The maximum absolute atomic E-state index is 9.54. The van der Waals surface area contributed by atoms with Crippen molar-refractivity contribution >= 4 is 0 Å². The molecule has 1 rings (SSSR count). The minimum atomic E-state index is 0.243. The Bertz CT molecular complexity index is 356. The van der Waals surface area contributed by atoms with Crippen molar-refractivity contribution in [1.29, 1.82) is 0 Å². The zero-order chi connectivity index (χ0) is 13.0. The Labute approximate surface area is 105 Å². The Balaban J connectivity index is 3.17. The normalized spacial score (nSPS) is 15.0. The molecule has 0 heterocycles. The first kappa shape index (κ1) is 14.2. The molecule has 0 fully saturated rings. The second kappa shape index (κ2) is 6.18. The van der Waals surface area contributed by atoms with Crippen LogP contribution >= 0.6 is 0 Å². The molecule has 2 unspecified atom stereocenters. The first-order valence-electron chi connectivity index (χ1n) is 6.35. The number of hydrogen-bond acceptors (Lipinski definition) is 2. The van der Waals surface area contributed by atoms with Gasteiger partial charge >= 0.3 is 0 Å². The predicted molar refractivity (Wildman–Crippen MR) is 73.2 cm³/mol. The molecule has 2 nitrogen and oxygen atoms in total. The molecule has 0 saturated heterocycles. The molecule has 2 atom stereocenters. The molecule has 2 heteroatoms. The van der Waals surface area contributed by atoms with Crippen molar-refractivity contribution in [2.45, 2.75) is 33.2 Å². The van der Waals surface area contributed by atoms with Crippen LogP contribution in [0.4, 0.5) is 0 Å². The minimum absolute atomic E-state index is 0.243. The number of rotatable bonds is 5. The van der Waals surface area contributed by atoms with Gasteiger partial charge in [0.25, 0.3) is 0 Å². The molecule has 1 N–H and O–H groups in total. The number of aryl methyl sites for hydroxylation is 2. The van der Waals surface area contributed by atoms with E-state index in [9.17, 15) is 5.11 Å². The average molecular weight is 235 g/mol. The van der Waals surface area contributed by atoms with E-state index in [1.54, 1.807) is 0 Å². The number of aliphatic hydroxyl groups is 1. The highest BCUT2D eigenvalue weighted by atomic mass is 16.3. The lowest BCUT2D eigenvalue weighted by molar-refractivity contribution is 0.130. The number of aliphatic hydroxyl groups excluding tert-OH is 1. The van der Waals surface area contributed by atoms with Crippen LogP contribution in [0, 0.1) is 19.8 Å². The lowest BCUT2D eigenvalue weighted by Crippen LogP contribution is -2.30. The zero-order valence-corrected chi connectivity index (χ0v) is 11.7. The van der Waals surface area contributed by atoms with Crippen LogP contribution in [0.25, 0.3) is 0 Å². The molecule has 96 valence electrons. The molecule has 0 aliphatic rings. The summed E-state index contributed by atoms with van der Waals surface area (Å²) in [7, 11) is 4.18. The van der Waals surface area contributed by atoms with Gasteiger partial charge in [0.2, 0.25) is 0 Å². The van der Waals surface area contributed by atoms with Gasteiger partial charge < -0.3 is 10.0 Å².